The topological polar surface area (TPSA) is 12.0 Å². The molecule has 0 spiro atoms. The number of halogens is 2. The Morgan fingerprint density at radius 2 is 1.70 bits per heavy atom. The van der Waals surface area contributed by atoms with Crippen molar-refractivity contribution in [2.75, 3.05) is 7.05 Å². The minimum atomic E-state index is -0.370. The summed E-state index contributed by atoms with van der Waals surface area (Å²) in [4.78, 5) is 0. The predicted octanol–water partition coefficient (Wildman–Crippen LogP) is 4.60. The lowest BCUT2D eigenvalue weighted by Gasteiger charge is -2.20. The quantitative estimate of drug-likeness (QED) is 0.868. The first-order chi connectivity index (χ1) is 9.54. The SMILES string of the molecule is CNC(Cc1c(C)cccc1C)c1cccc(F)c1Cl. The molecule has 2 rings (SSSR count). The van der Waals surface area contributed by atoms with E-state index in [0.717, 1.165) is 12.0 Å². The highest BCUT2D eigenvalue weighted by atomic mass is 35.5. The van der Waals surface area contributed by atoms with Gasteiger partial charge >= 0.3 is 0 Å². The summed E-state index contributed by atoms with van der Waals surface area (Å²) in [6.45, 7) is 4.20. The average molecular weight is 292 g/mol. The normalized spacial score (nSPS) is 12.4. The third-order valence-electron chi connectivity index (χ3n) is 3.76. The zero-order valence-electron chi connectivity index (χ0n) is 12.0. The second-order valence-electron chi connectivity index (χ2n) is 5.06. The van der Waals surface area contributed by atoms with E-state index in [9.17, 15) is 4.39 Å². The Morgan fingerprint density at radius 1 is 1.10 bits per heavy atom. The van der Waals surface area contributed by atoms with Crippen molar-refractivity contribution in [3.63, 3.8) is 0 Å². The Bertz CT molecular complexity index is 590. The summed E-state index contributed by atoms with van der Waals surface area (Å²) < 4.78 is 13.6. The summed E-state index contributed by atoms with van der Waals surface area (Å²) in [5.41, 5.74) is 4.58. The maximum absolute atomic E-state index is 13.6. The highest BCUT2D eigenvalue weighted by molar-refractivity contribution is 6.31. The monoisotopic (exact) mass is 291 g/mol. The molecule has 0 saturated carbocycles. The standard InChI is InChI=1S/C17H19ClFN/c1-11-6-4-7-12(2)14(11)10-16(20-3)13-8-5-9-15(19)17(13)18/h4-9,16,20H,10H2,1-3H3. The predicted molar refractivity (Wildman–Crippen MR) is 82.8 cm³/mol. The Kier molecular flexibility index (Phi) is 4.79. The number of nitrogens with one attached hydrogen (secondary N) is 1. The Balaban J connectivity index is 2.37. The second-order valence-corrected chi connectivity index (χ2v) is 5.44. The van der Waals surface area contributed by atoms with Gasteiger partial charge in [0.2, 0.25) is 0 Å². The molecule has 0 amide bonds. The molecule has 1 unspecified atom stereocenters. The van der Waals surface area contributed by atoms with Gasteiger partial charge in [-0.3, -0.25) is 0 Å². The maximum Gasteiger partial charge on any atom is 0.142 e. The first-order valence-electron chi connectivity index (χ1n) is 6.71. The van der Waals surface area contributed by atoms with Crippen LogP contribution >= 0.6 is 11.6 Å². The van der Waals surface area contributed by atoms with Crippen LogP contribution in [-0.2, 0) is 6.42 Å². The number of hydrogen-bond acceptors (Lipinski definition) is 1. The average Bonchev–Trinajstić information content (AvgIpc) is 2.42. The van der Waals surface area contributed by atoms with Gasteiger partial charge in [0.25, 0.3) is 0 Å². The van der Waals surface area contributed by atoms with Crippen molar-refractivity contribution < 1.29 is 4.39 Å². The van der Waals surface area contributed by atoms with Crippen molar-refractivity contribution >= 4 is 11.6 Å². The van der Waals surface area contributed by atoms with E-state index in [4.69, 9.17) is 11.6 Å². The summed E-state index contributed by atoms with van der Waals surface area (Å²) in [7, 11) is 1.87. The van der Waals surface area contributed by atoms with Gasteiger partial charge < -0.3 is 5.32 Å². The van der Waals surface area contributed by atoms with Crippen LogP contribution in [0, 0.1) is 19.7 Å². The van der Waals surface area contributed by atoms with Gasteiger partial charge in [-0.05, 0) is 55.6 Å². The van der Waals surface area contributed by atoms with Gasteiger partial charge in [0.1, 0.15) is 5.82 Å². The molecule has 3 heteroatoms. The minimum absolute atomic E-state index is 0.00185. The number of likely N-dealkylation sites (N-methyl/N-ethyl adjacent to an activating group) is 1. The molecular formula is C17H19ClFN. The lowest BCUT2D eigenvalue weighted by Crippen LogP contribution is -2.20. The Labute approximate surface area is 124 Å². The van der Waals surface area contributed by atoms with Gasteiger partial charge in [0, 0.05) is 6.04 Å². The fraction of sp³-hybridized carbons (Fsp3) is 0.294. The molecule has 0 saturated heterocycles. The largest absolute Gasteiger partial charge is 0.313 e. The van der Waals surface area contributed by atoms with Crippen molar-refractivity contribution in [1.82, 2.24) is 5.32 Å². The molecule has 2 aromatic rings. The molecule has 1 nitrogen and oxygen atoms in total. The van der Waals surface area contributed by atoms with Crippen LogP contribution < -0.4 is 5.32 Å². The zero-order valence-corrected chi connectivity index (χ0v) is 12.8. The lowest BCUT2D eigenvalue weighted by atomic mass is 9.93. The van der Waals surface area contributed by atoms with Crippen LogP contribution in [0.3, 0.4) is 0 Å². The number of benzene rings is 2. The van der Waals surface area contributed by atoms with Crippen molar-refractivity contribution in [2.45, 2.75) is 26.3 Å². The van der Waals surface area contributed by atoms with Gasteiger partial charge in [-0.1, -0.05) is 41.9 Å². The molecule has 2 aromatic carbocycles. The first kappa shape index (κ1) is 15.0. The summed E-state index contributed by atoms with van der Waals surface area (Å²) in [6, 6.07) is 11.2. The molecule has 0 aliphatic carbocycles. The van der Waals surface area contributed by atoms with Crippen LogP contribution in [0.4, 0.5) is 4.39 Å². The van der Waals surface area contributed by atoms with E-state index in [0.29, 0.717) is 0 Å². The molecule has 106 valence electrons. The summed E-state index contributed by atoms with van der Waals surface area (Å²) >= 11 is 6.10. The molecule has 1 N–H and O–H groups in total. The van der Waals surface area contributed by atoms with E-state index < -0.39 is 0 Å². The molecule has 0 fully saturated rings. The van der Waals surface area contributed by atoms with Crippen molar-refractivity contribution in [3.8, 4) is 0 Å². The molecule has 0 radical (unpaired) electrons. The van der Waals surface area contributed by atoms with Crippen LogP contribution in [0.2, 0.25) is 5.02 Å². The van der Waals surface area contributed by atoms with Gasteiger partial charge in [0.05, 0.1) is 5.02 Å². The van der Waals surface area contributed by atoms with E-state index in [1.807, 2.05) is 13.1 Å². The molecular weight excluding hydrogens is 273 g/mol. The zero-order chi connectivity index (χ0) is 14.7. The Hall–Kier alpha value is -1.38. The molecule has 0 aliphatic rings. The van der Waals surface area contributed by atoms with Crippen LogP contribution in [0.5, 0.6) is 0 Å². The third kappa shape index (κ3) is 3.02. The smallest absolute Gasteiger partial charge is 0.142 e. The Morgan fingerprint density at radius 3 is 2.30 bits per heavy atom. The van der Waals surface area contributed by atoms with E-state index >= 15 is 0 Å². The summed E-state index contributed by atoms with van der Waals surface area (Å²) in [5, 5.41) is 3.44. The molecule has 0 aromatic heterocycles. The first-order valence-corrected chi connectivity index (χ1v) is 7.08. The molecule has 0 aliphatic heterocycles. The van der Waals surface area contributed by atoms with Crippen molar-refractivity contribution in [1.29, 1.82) is 0 Å². The van der Waals surface area contributed by atoms with Crippen molar-refractivity contribution in [2.24, 2.45) is 0 Å². The maximum atomic E-state index is 13.6. The number of rotatable bonds is 4. The summed E-state index contributed by atoms with van der Waals surface area (Å²) in [5.74, 6) is -0.370. The van der Waals surface area contributed by atoms with E-state index in [2.05, 4.69) is 37.4 Å². The van der Waals surface area contributed by atoms with E-state index in [1.165, 1.54) is 22.8 Å². The van der Waals surface area contributed by atoms with Gasteiger partial charge in [0.15, 0.2) is 0 Å². The lowest BCUT2D eigenvalue weighted by molar-refractivity contribution is 0.575. The van der Waals surface area contributed by atoms with Crippen LogP contribution in [0.1, 0.15) is 28.3 Å². The van der Waals surface area contributed by atoms with Crippen molar-refractivity contribution in [3.05, 3.63) is 69.5 Å². The molecule has 0 bridgehead atoms. The number of hydrogen-bond donors (Lipinski definition) is 1. The van der Waals surface area contributed by atoms with Crippen LogP contribution in [-0.4, -0.2) is 7.05 Å². The minimum Gasteiger partial charge on any atom is -0.313 e. The fourth-order valence-electron chi connectivity index (χ4n) is 2.53. The molecule has 1 atom stereocenters. The highest BCUT2D eigenvalue weighted by Crippen LogP contribution is 2.29. The van der Waals surface area contributed by atoms with Gasteiger partial charge in [-0.25, -0.2) is 4.39 Å². The van der Waals surface area contributed by atoms with E-state index in [-0.39, 0.29) is 16.9 Å². The van der Waals surface area contributed by atoms with E-state index in [1.54, 1.807) is 6.07 Å². The number of aryl methyl sites for hydroxylation is 2. The fourth-order valence-corrected chi connectivity index (χ4v) is 2.79. The molecule has 0 heterocycles. The van der Waals surface area contributed by atoms with Gasteiger partial charge in [-0.2, -0.15) is 0 Å². The molecule has 20 heavy (non-hydrogen) atoms. The van der Waals surface area contributed by atoms with Gasteiger partial charge in [-0.15, -0.1) is 0 Å². The third-order valence-corrected chi connectivity index (χ3v) is 4.16. The second kappa shape index (κ2) is 6.38. The van der Waals surface area contributed by atoms with Crippen LogP contribution in [0.15, 0.2) is 36.4 Å². The summed E-state index contributed by atoms with van der Waals surface area (Å²) in [6.07, 6.45) is 0.790. The highest BCUT2D eigenvalue weighted by Gasteiger charge is 2.17. The van der Waals surface area contributed by atoms with Crippen LogP contribution in [0.25, 0.3) is 0 Å².